The van der Waals surface area contributed by atoms with E-state index in [2.05, 4.69) is 21.2 Å². The molecule has 0 saturated carbocycles. The van der Waals surface area contributed by atoms with E-state index >= 15 is 0 Å². The number of nitrogens with one attached hydrogen (secondary N) is 1. The minimum absolute atomic E-state index is 0.178. The molecule has 0 spiro atoms. The average Bonchev–Trinajstić information content (AvgIpc) is 2.33. The molecule has 1 rings (SSSR count). The molecule has 0 saturated heterocycles. The highest BCUT2D eigenvalue weighted by atomic mass is 79.9. The first-order valence-corrected chi connectivity index (χ1v) is 6.94. The van der Waals surface area contributed by atoms with Gasteiger partial charge in [0.15, 0.2) is 0 Å². The van der Waals surface area contributed by atoms with Crippen molar-refractivity contribution in [1.29, 1.82) is 0 Å². The number of carbonyl (C=O) groups excluding carboxylic acids is 1. The molecular weight excluding hydrogens is 329 g/mol. The Morgan fingerprint density at radius 3 is 2.55 bits per heavy atom. The zero-order chi connectivity index (χ0) is 15.5. The molecule has 0 aliphatic carbocycles. The van der Waals surface area contributed by atoms with Gasteiger partial charge in [0.1, 0.15) is 5.82 Å². The average molecular weight is 346 g/mol. The summed E-state index contributed by atoms with van der Waals surface area (Å²) < 4.78 is 13.7. The smallest absolute Gasteiger partial charge is 0.310 e. The molecule has 110 valence electrons. The van der Waals surface area contributed by atoms with Gasteiger partial charge in [-0.3, -0.25) is 9.59 Å². The van der Waals surface area contributed by atoms with Crippen LogP contribution in [0.2, 0.25) is 0 Å². The van der Waals surface area contributed by atoms with Crippen LogP contribution in [0.15, 0.2) is 22.7 Å². The van der Waals surface area contributed by atoms with E-state index in [-0.39, 0.29) is 18.0 Å². The highest BCUT2D eigenvalue weighted by Crippen LogP contribution is 2.32. The fraction of sp³-hybridized carbons (Fsp3) is 0.429. The van der Waals surface area contributed by atoms with E-state index in [9.17, 15) is 19.1 Å². The number of carbonyl (C=O) groups is 2. The quantitative estimate of drug-likeness (QED) is 0.855. The molecule has 6 heteroatoms. The van der Waals surface area contributed by atoms with E-state index in [0.29, 0.717) is 4.47 Å². The van der Waals surface area contributed by atoms with Crippen molar-refractivity contribution in [1.82, 2.24) is 0 Å². The number of hydrogen-bond acceptors (Lipinski definition) is 2. The molecule has 0 heterocycles. The molecular formula is C14H17BrFNO3. The van der Waals surface area contributed by atoms with Crippen LogP contribution in [-0.4, -0.2) is 17.0 Å². The Morgan fingerprint density at radius 2 is 2.05 bits per heavy atom. The third kappa shape index (κ3) is 3.79. The summed E-state index contributed by atoms with van der Waals surface area (Å²) in [4.78, 5) is 23.3. The van der Waals surface area contributed by atoms with Gasteiger partial charge in [-0.25, -0.2) is 4.39 Å². The second-order valence-corrected chi connectivity index (χ2v) is 6.08. The van der Waals surface area contributed by atoms with Crippen LogP contribution >= 0.6 is 15.9 Å². The number of anilines is 1. The Balaban J connectivity index is 2.87. The number of aliphatic carboxylic acids is 1. The fourth-order valence-electron chi connectivity index (χ4n) is 1.65. The molecule has 0 aliphatic rings. The molecule has 0 bridgehead atoms. The van der Waals surface area contributed by atoms with E-state index in [1.165, 1.54) is 25.1 Å². The standard InChI is InChI=1S/C14H17BrFNO3/c1-8(2)14(3,13(19)20)7-12(18)17-11-6-9(16)4-5-10(11)15/h4-6,8H,7H2,1-3H3,(H,17,18)(H,19,20). The van der Waals surface area contributed by atoms with Crippen molar-refractivity contribution in [3.05, 3.63) is 28.5 Å². The largest absolute Gasteiger partial charge is 0.481 e. The van der Waals surface area contributed by atoms with Gasteiger partial charge in [-0.05, 0) is 47.0 Å². The summed E-state index contributed by atoms with van der Waals surface area (Å²) in [7, 11) is 0. The molecule has 2 N–H and O–H groups in total. The van der Waals surface area contributed by atoms with Crippen molar-refractivity contribution in [2.75, 3.05) is 5.32 Å². The molecule has 1 unspecified atom stereocenters. The van der Waals surface area contributed by atoms with Crippen LogP contribution in [0.25, 0.3) is 0 Å². The number of amides is 1. The van der Waals surface area contributed by atoms with Crippen LogP contribution in [0.1, 0.15) is 27.2 Å². The Morgan fingerprint density at radius 1 is 1.45 bits per heavy atom. The minimum atomic E-state index is -1.16. The maximum Gasteiger partial charge on any atom is 0.310 e. The highest BCUT2D eigenvalue weighted by Gasteiger charge is 2.38. The summed E-state index contributed by atoms with van der Waals surface area (Å²) in [6, 6.07) is 3.91. The van der Waals surface area contributed by atoms with Crippen molar-refractivity contribution in [2.45, 2.75) is 27.2 Å². The molecule has 0 fully saturated rings. The molecule has 20 heavy (non-hydrogen) atoms. The molecule has 1 amide bonds. The summed E-state index contributed by atoms with van der Waals surface area (Å²) in [6.45, 7) is 5.03. The van der Waals surface area contributed by atoms with Crippen LogP contribution < -0.4 is 5.32 Å². The topological polar surface area (TPSA) is 66.4 Å². The van der Waals surface area contributed by atoms with Crippen LogP contribution in [0.3, 0.4) is 0 Å². The van der Waals surface area contributed by atoms with Gasteiger partial charge in [-0.2, -0.15) is 0 Å². The summed E-state index contributed by atoms with van der Waals surface area (Å²) >= 11 is 3.20. The first kappa shape index (κ1) is 16.6. The Labute approximate surface area is 125 Å². The van der Waals surface area contributed by atoms with Crippen LogP contribution in [0, 0.1) is 17.2 Å². The lowest BCUT2D eigenvalue weighted by Crippen LogP contribution is -2.37. The first-order valence-electron chi connectivity index (χ1n) is 6.15. The molecule has 4 nitrogen and oxygen atoms in total. The molecule has 1 aromatic carbocycles. The third-order valence-corrected chi connectivity index (χ3v) is 4.18. The normalized spacial score (nSPS) is 13.9. The number of rotatable bonds is 5. The van der Waals surface area contributed by atoms with Gasteiger partial charge in [0.05, 0.1) is 11.1 Å². The van der Waals surface area contributed by atoms with E-state index in [0.717, 1.165) is 0 Å². The molecule has 0 aliphatic heterocycles. The Bertz CT molecular complexity index is 533. The van der Waals surface area contributed by atoms with Crippen LogP contribution in [0.5, 0.6) is 0 Å². The van der Waals surface area contributed by atoms with E-state index in [1.807, 2.05) is 0 Å². The lowest BCUT2D eigenvalue weighted by atomic mass is 9.76. The van der Waals surface area contributed by atoms with Gasteiger partial charge >= 0.3 is 5.97 Å². The zero-order valence-corrected chi connectivity index (χ0v) is 13.1. The van der Waals surface area contributed by atoms with Crippen molar-refractivity contribution in [3.8, 4) is 0 Å². The van der Waals surface area contributed by atoms with E-state index in [4.69, 9.17) is 0 Å². The van der Waals surface area contributed by atoms with Crippen molar-refractivity contribution < 1.29 is 19.1 Å². The number of benzene rings is 1. The fourth-order valence-corrected chi connectivity index (χ4v) is 1.99. The maximum atomic E-state index is 13.1. The number of carboxylic acid groups (broad SMARTS) is 1. The van der Waals surface area contributed by atoms with Gasteiger partial charge in [-0.15, -0.1) is 0 Å². The summed E-state index contributed by atoms with van der Waals surface area (Å²) in [5, 5.41) is 11.8. The second kappa shape index (κ2) is 6.35. The van der Waals surface area contributed by atoms with E-state index < -0.39 is 23.1 Å². The lowest BCUT2D eigenvalue weighted by Gasteiger charge is -2.28. The highest BCUT2D eigenvalue weighted by molar-refractivity contribution is 9.10. The number of carboxylic acids is 1. The van der Waals surface area contributed by atoms with Crippen LogP contribution in [-0.2, 0) is 9.59 Å². The van der Waals surface area contributed by atoms with Crippen LogP contribution in [0.4, 0.5) is 10.1 Å². The van der Waals surface area contributed by atoms with Crippen molar-refractivity contribution in [2.24, 2.45) is 11.3 Å². The molecule has 1 aromatic rings. The SMILES string of the molecule is CC(C)C(C)(CC(=O)Nc1cc(F)ccc1Br)C(=O)O. The van der Waals surface area contributed by atoms with Gasteiger partial charge in [0, 0.05) is 10.9 Å². The third-order valence-electron chi connectivity index (χ3n) is 3.49. The van der Waals surface area contributed by atoms with Crippen molar-refractivity contribution in [3.63, 3.8) is 0 Å². The lowest BCUT2D eigenvalue weighted by molar-refractivity contribution is -0.153. The number of halogens is 2. The molecule has 1 atom stereocenters. The Hall–Kier alpha value is -1.43. The minimum Gasteiger partial charge on any atom is -0.481 e. The summed E-state index contributed by atoms with van der Waals surface area (Å²) in [6.07, 6.45) is -0.178. The predicted octanol–water partition coefficient (Wildman–Crippen LogP) is 3.66. The second-order valence-electron chi connectivity index (χ2n) is 5.23. The first-order chi connectivity index (χ1) is 9.16. The zero-order valence-electron chi connectivity index (χ0n) is 11.5. The molecule has 0 aromatic heterocycles. The van der Waals surface area contributed by atoms with Gasteiger partial charge in [-0.1, -0.05) is 13.8 Å². The summed E-state index contributed by atoms with van der Waals surface area (Å²) in [5.74, 6) is -2.18. The molecule has 0 radical (unpaired) electrons. The Kier molecular flexibility index (Phi) is 5.28. The number of hydrogen-bond donors (Lipinski definition) is 2. The maximum absolute atomic E-state index is 13.1. The van der Waals surface area contributed by atoms with Gasteiger partial charge < -0.3 is 10.4 Å². The van der Waals surface area contributed by atoms with Crippen molar-refractivity contribution >= 4 is 33.5 Å². The monoisotopic (exact) mass is 345 g/mol. The van der Waals surface area contributed by atoms with Gasteiger partial charge in [0.25, 0.3) is 0 Å². The summed E-state index contributed by atoms with van der Waals surface area (Å²) in [5.41, 5.74) is -0.879. The van der Waals surface area contributed by atoms with Gasteiger partial charge in [0.2, 0.25) is 5.91 Å². The predicted molar refractivity (Wildman–Crippen MR) is 77.9 cm³/mol. The van der Waals surface area contributed by atoms with E-state index in [1.54, 1.807) is 13.8 Å².